The van der Waals surface area contributed by atoms with Crippen LogP contribution >= 0.6 is 0 Å². The minimum Gasteiger partial charge on any atom is -0.368 e. The molecular formula is C26H28N4O2. The number of nitrogens with zero attached hydrogens (tertiary/aromatic N) is 3. The molecule has 3 heterocycles. The summed E-state index contributed by atoms with van der Waals surface area (Å²) in [5.41, 5.74) is 8.69. The molecule has 3 aromatic rings. The molecule has 0 spiro atoms. The maximum atomic E-state index is 13.2. The molecule has 2 aromatic carbocycles. The van der Waals surface area contributed by atoms with E-state index < -0.39 is 0 Å². The molecule has 2 aliphatic rings. The summed E-state index contributed by atoms with van der Waals surface area (Å²) in [6.45, 7) is 2.92. The zero-order valence-electron chi connectivity index (χ0n) is 18.1. The second kappa shape index (κ2) is 8.71. The van der Waals surface area contributed by atoms with Gasteiger partial charge in [-0.15, -0.1) is 0 Å². The lowest BCUT2D eigenvalue weighted by Gasteiger charge is -2.27. The minimum absolute atomic E-state index is 0.0176. The average Bonchev–Trinajstić information content (AvgIpc) is 3.36. The first-order chi connectivity index (χ1) is 15.6. The third-order valence-electron chi connectivity index (χ3n) is 6.94. The standard InChI is InChI=1S/C26H28N4O2/c27-25(31)24-22-17-30(26(32)20-10-11-23-19(14-20)9-4-12-28-23)16-21(22)15-29(24)13-5-8-18-6-2-1-3-7-18/h1-4,6-7,9-12,14,21-22,24H,5,8,13,15-17H2,(H2,27,31)/t21?,22-,24?/m1/s1. The van der Waals surface area contributed by atoms with Crippen molar-refractivity contribution in [3.05, 3.63) is 78.0 Å². The zero-order valence-corrected chi connectivity index (χ0v) is 18.1. The molecule has 2 amide bonds. The average molecular weight is 429 g/mol. The van der Waals surface area contributed by atoms with Crippen LogP contribution in [-0.2, 0) is 11.2 Å². The van der Waals surface area contributed by atoms with Gasteiger partial charge < -0.3 is 10.6 Å². The summed E-state index contributed by atoms with van der Waals surface area (Å²) in [6.07, 6.45) is 3.72. The summed E-state index contributed by atoms with van der Waals surface area (Å²) < 4.78 is 0. The summed E-state index contributed by atoms with van der Waals surface area (Å²) in [6, 6.07) is 19.6. The molecule has 2 fully saturated rings. The van der Waals surface area contributed by atoms with Crippen molar-refractivity contribution < 1.29 is 9.59 Å². The van der Waals surface area contributed by atoms with Crippen molar-refractivity contribution in [2.24, 2.45) is 17.6 Å². The van der Waals surface area contributed by atoms with Gasteiger partial charge in [0, 0.05) is 42.7 Å². The SMILES string of the molecule is NC(=O)C1[C@@H]2CN(C(=O)c3ccc4ncccc4c3)CC2CN1CCCc1ccccc1. The number of pyridine rings is 1. The molecule has 3 atom stereocenters. The number of aryl methyl sites for hydroxylation is 1. The Morgan fingerprint density at radius 3 is 2.66 bits per heavy atom. The van der Waals surface area contributed by atoms with Gasteiger partial charge in [-0.1, -0.05) is 36.4 Å². The maximum absolute atomic E-state index is 13.2. The van der Waals surface area contributed by atoms with E-state index in [1.807, 2.05) is 41.3 Å². The van der Waals surface area contributed by atoms with Crippen LogP contribution in [0.1, 0.15) is 22.3 Å². The van der Waals surface area contributed by atoms with Crippen LogP contribution in [-0.4, -0.2) is 58.8 Å². The third kappa shape index (κ3) is 3.98. The molecule has 164 valence electrons. The van der Waals surface area contributed by atoms with Crippen molar-refractivity contribution in [3.63, 3.8) is 0 Å². The first-order valence-corrected chi connectivity index (χ1v) is 11.3. The number of nitrogens with two attached hydrogens (primary N) is 1. The van der Waals surface area contributed by atoms with Gasteiger partial charge in [0.05, 0.1) is 11.6 Å². The monoisotopic (exact) mass is 428 g/mol. The van der Waals surface area contributed by atoms with Crippen LogP contribution in [0.15, 0.2) is 66.9 Å². The van der Waals surface area contributed by atoms with Crippen molar-refractivity contribution in [1.82, 2.24) is 14.8 Å². The van der Waals surface area contributed by atoms with E-state index in [1.165, 1.54) is 5.56 Å². The molecule has 0 saturated carbocycles. The van der Waals surface area contributed by atoms with Crippen LogP contribution in [0.4, 0.5) is 0 Å². The Labute approximate surface area is 188 Å². The Morgan fingerprint density at radius 1 is 1.00 bits per heavy atom. The van der Waals surface area contributed by atoms with Gasteiger partial charge in [0.1, 0.15) is 0 Å². The summed E-state index contributed by atoms with van der Waals surface area (Å²) in [7, 11) is 0. The smallest absolute Gasteiger partial charge is 0.253 e. The number of likely N-dealkylation sites (tertiary alicyclic amines) is 2. The largest absolute Gasteiger partial charge is 0.368 e. The molecule has 2 N–H and O–H groups in total. The number of fused-ring (bicyclic) bond motifs is 2. The van der Waals surface area contributed by atoms with Crippen LogP contribution in [0.2, 0.25) is 0 Å². The van der Waals surface area contributed by atoms with E-state index in [4.69, 9.17) is 5.73 Å². The number of hydrogen-bond donors (Lipinski definition) is 1. The molecule has 5 rings (SSSR count). The van der Waals surface area contributed by atoms with E-state index in [0.717, 1.165) is 36.8 Å². The number of aromatic nitrogens is 1. The van der Waals surface area contributed by atoms with Crippen molar-refractivity contribution in [2.75, 3.05) is 26.2 Å². The van der Waals surface area contributed by atoms with Gasteiger partial charge in [0.2, 0.25) is 5.91 Å². The molecule has 2 aliphatic heterocycles. The van der Waals surface area contributed by atoms with Gasteiger partial charge in [-0.3, -0.25) is 19.5 Å². The summed E-state index contributed by atoms with van der Waals surface area (Å²) >= 11 is 0. The number of hydrogen-bond acceptors (Lipinski definition) is 4. The molecule has 32 heavy (non-hydrogen) atoms. The Balaban J connectivity index is 1.24. The lowest BCUT2D eigenvalue weighted by Crippen LogP contribution is -2.46. The van der Waals surface area contributed by atoms with Gasteiger partial charge in [0.15, 0.2) is 0 Å². The molecule has 6 nitrogen and oxygen atoms in total. The van der Waals surface area contributed by atoms with Crippen molar-refractivity contribution in [1.29, 1.82) is 0 Å². The van der Waals surface area contributed by atoms with Gasteiger partial charge in [0.25, 0.3) is 5.91 Å². The third-order valence-corrected chi connectivity index (χ3v) is 6.94. The number of carbonyl (C=O) groups excluding carboxylic acids is 2. The van der Waals surface area contributed by atoms with Crippen LogP contribution in [0.5, 0.6) is 0 Å². The number of primary amides is 1. The molecule has 0 radical (unpaired) electrons. The van der Waals surface area contributed by atoms with E-state index in [9.17, 15) is 9.59 Å². The Bertz CT molecular complexity index is 1130. The van der Waals surface area contributed by atoms with E-state index >= 15 is 0 Å². The van der Waals surface area contributed by atoms with Crippen LogP contribution in [0.25, 0.3) is 10.9 Å². The normalized spacial score (nSPS) is 22.9. The second-order valence-electron chi connectivity index (χ2n) is 8.98. The molecular weight excluding hydrogens is 400 g/mol. The maximum Gasteiger partial charge on any atom is 0.253 e. The Kier molecular flexibility index (Phi) is 5.62. The fraction of sp³-hybridized carbons (Fsp3) is 0.346. The van der Waals surface area contributed by atoms with E-state index in [-0.39, 0.29) is 29.7 Å². The molecule has 2 unspecified atom stereocenters. The van der Waals surface area contributed by atoms with Gasteiger partial charge in [-0.25, -0.2) is 0 Å². The van der Waals surface area contributed by atoms with Crippen molar-refractivity contribution >= 4 is 22.7 Å². The van der Waals surface area contributed by atoms with Crippen LogP contribution in [0.3, 0.4) is 0 Å². The van der Waals surface area contributed by atoms with E-state index in [2.05, 4.69) is 34.1 Å². The highest BCUT2D eigenvalue weighted by molar-refractivity contribution is 5.98. The summed E-state index contributed by atoms with van der Waals surface area (Å²) in [5, 5.41) is 0.956. The van der Waals surface area contributed by atoms with Gasteiger partial charge in [-0.2, -0.15) is 0 Å². The lowest BCUT2D eigenvalue weighted by atomic mass is 9.94. The molecule has 0 aliphatic carbocycles. The van der Waals surface area contributed by atoms with Crippen LogP contribution in [0, 0.1) is 11.8 Å². The Morgan fingerprint density at radius 2 is 1.84 bits per heavy atom. The fourth-order valence-corrected chi connectivity index (χ4v) is 5.44. The molecule has 1 aromatic heterocycles. The van der Waals surface area contributed by atoms with Crippen molar-refractivity contribution in [3.8, 4) is 0 Å². The molecule has 0 bridgehead atoms. The number of rotatable bonds is 6. The summed E-state index contributed by atoms with van der Waals surface area (Å²) in [4.78, 5) is 34.0. The fourth-order valence-electron chi connectivity index (χ4n) is 5.44. The van der Waals surface area contributed by atoms with Crippen molar-refractivity contribution in [2.45, 2.75) is 18.9 Å². The highest BCUT2D eigenvalue weighted by atomic mass is 16.2. The molecule has 2 saturated heterocycles. The molecule has 6 heteroatoms. The quantitative estimate of drug-likeness (QED) is 0.655. The van der Waals surface area contributed by atoms with Crippen LogP contribution < -0.4 is 5.73 Å². The van der Waals surface area contributed by atoms with Gasteiger partial charge >= 0.3 is 0 Å². The number of carbonyl (C=O) groups is 2. The van der Waals surface area contributed by atoms with E-state index in [1.54, 1.807) is 6.20 Å². The predicted molar refractivity (Wildman–Crippen MR) is 124 cm³/mol. The number of benzene rings is 2. The van der Waals surface area contributed by atoms with Gasteiger partial charge in [-0.05, 0) is 55.1 Å². The van der Waals surface area contributed by atoms with E-state index in [0.29, 0.717) is 18.7 Å². The summed E-state index contributed by atoms with van der Waals surface area (Å²) in [5.74, 6) is 0.137. The number of amides is 2. The second-order valence-corrected chi connectivity index (χ2v) is 8.98. The lowest BCUT2D eigenvalue weighted by molar-refractivity contribution is -0.123. The highest BCUT2D eigenvalue weighted by Crippen LogP contribution is 2.37. The first-order valence-electron chi connectivity index (χ1n) is 11.3. The predicted octanol–water partition coefficient (Wildman–Crippen LogP) is 2.73. The topological polar surface area (TPSA) is 79.5 Å². The minimum atomic E-state index is -0.297. The Hall–Kier alpha value is -3.25. The highest BCUT2D eigenvalue weighted by Gasteiger charge is 2.50. The zero-order chi connectivity index (χ0) is 22.1. The first kappa shape index (κ1) is 20.6.